The number of halogens is 1. The van der Waals surface area contributed by atoms with Crippen molar-refractivity contribution in [3.8, 4) is 0 Å². The number of likely N-dealkylation sites (N-methyl/N-ethyl adjacent to an activating group) is 1. The normalized spacial score (nSPS) is 17.9. The molecule has 2 heterocycles. The number of piperazine rings is 1. The van der Waals surface area contributed by atoms with Gasteiger partial charge >= 0.3 is 0 Å². The Morgan fingerprint density at radius 2 is 1.70 bits per heavy atom. The number of hydrogen-bond acceptors (Lipinski definition) is 5. The van der Waals surface area contributed by atoms with Crippen LogP contribution in [0.1, 0.15) is 36.8 Å². The highest BCUT2D eigenvalue weighted by atomic mass is 35.5. The van der Waals surface area contributed by atoms with Gasteiger partial charge in [-0.3, -0.25) is 19.5 Å². The summed E-state index contributed by atoms with van der Waals surface area (Å²) < 4.78 is 0. The summed E-state index contributed by atoms with van der Waals surface area (Å²) in [5.41, 5.74) is 4.62. The summed E-state index contributed by atoms with van der Waals surface area (Å²) in [6, 6.07) is 22.8. The summed E-state index contributed by atoms with van der Waals surface area (Å²) in [4.78, 5) is 37.6. The quantitative estimate of drug-likeness (QED) is 0.349. The van der Waals surface area contributed by atoms with E-state index in [0.29, 0.717) is 28.7 Å². The van der Waals surface area contributed by atoms with E-state index in [1.54, 1.807) is 17.0 Å². The van der Waals surface area contributed by atoms with Gasteiger partial charge in [0.25, 0.3) is 0 Å². The molecule has 0 saturated carbocycles. The minimum absolute atomic E-state index is 0.0705. The van der Waals surface area contributed by atoms with Crippen molar-refractivity contribution in [2.24, 2.45) is 4.99 Å². The van der Waals surface area contributed by atoms with E-state index >= 15 is 0 Å². The van der Waals surface area contributed by atoms with Crippen molar-refractivity contribution in [2.75, 3.05) is 56.5 Å². The van der Waals surface area contributed by atoms with Gasteiger partial charge in [0.1, 0.15) is 5.92 Å². The summed E-state index contributed by atoms with van der Waals surface area (Å²) >= 11 is 6.17. The fraction of sp³-hybridized carbons (Fsp3) is 0.344. The first-order valence-corrected chi connectivity index (χ1v) is 14.4. The van der Waals surface area contributed by atoms with Crippen LogP contribution in [0.3, 0.4) is 0 Å². The zero-order chi connectivity index (χ0) is 28.1. The molecule has 3 aromatic carbocycles. The van der Waals surface area contributed by atoms with Crippen LogP contribution in [0.5, 0.6) is 0 Å². The highest BCUT2D eigenvalue weighted by molar-refractivity contribution is 6.31. The molecule has 1 saturated heterocycles. The Bertz CT molecular complexity index is 1370. The van der Waals surface area contributed by atoms with Gasteiger partial charge in [0.2, 0.25) is 11.8 Å². The number of unbranched alkanes of at least 4 members (excludes halogenated alkanes) is 1. The lowest BCUT2D eigenvalue weighted by molar-refractivity contribution is -0.120. The number of amides is 2. The summed E-state index contributed by atoms with van der Waals surface area (Å²) in [6.07, 6.45) is 2.44. The maximum absolute atomic E-state index is 13.1. The Balaban J connectivity index is 1.31. The zero-order valence-electron chi connectivity index (χ0n) is 23.1. The number of nitrogens with zero attached hydrogens (tertiary/aromatic N) is 4. The number of hydrogen-bond donors (Lipinski definition) is 1. The van der Waals surface area contributed by atoms with E-state index in [1.807, 2.05) is 67.7 Å². The molecule has 1 atom stereocenters. The van der Waals surface area contributed by atoms with Crippen LogP contribution < -0.4 is 10.2 Å². The van der Waals surface area contributed by atoms with Crippen LogP contribution in [0.25, 0.3) is 0 Å². The van der Waals surface area contributed by atoms with E-state index in [9.17, 15) is 9.59 Å². The molecule has 208 valence electrons. The Kier molecular flexibility index (Phi) is 8.94. The summed E-state index contributed by atoms with van der Waals surface area (Å²) in [5, 5.41) is 3.52. The number of carbonyl (C=O) groups excluding carboxylic acids is 2. The lowest BCUT2D eigenvalue weighted by Gasteiger charge is -2.35. The van der Waals surface area contributed by atoms with Crippen LogP contribution in [0, 0.1) is 0 Å². The van der Waals surface area contributed by atoms with E-state index < -0.39 is 5.92 Å². The average Bonchev–Trinajstić information content (AvgIpc) is 3.30. The fourth-order valence-corrected chi connectivity index (χ4v) is 5.47. The van der Waals surface area contributed by atoms with Crippen LogP contribution in [0.2, 0.25) is 5.02 Å². The Labute approximate surface area is 241 Å². The summed E-state index contributed by atoms with van der Waals surface area (Å²) in [5.74, 6) is -0.616. The van der Waals surface area contributed by atoms with Crippen LogP contribution in [-0.2, 0) is 9.59 Å². The molecule has 2 aliphatic heterocycles. The molecule has 1 N–H and O–H groups in total. The molecule has 3 aromatic rings. The molecule has 0 radical (unpaired) electrons. The predicted octanol–water partition coefficient (Wildman–Crippen LogP) is 5.58. The minimum atomic E-state index is -0.555. The molecule has 40 heavy (non-hydrogen) atoms. The van der Waals surface area contributed by atoms with Gasteiger partial charge in [-0.1, -0.05) is 61.3 Å². The van der Waals surface area contributed by atoms with E-state index in [0.717, 1.165) is 49.5 Å². The van der Waals surface area contributed by atoms with E-state index in [1.165, 1.54) is 12.8 Å². The second-order valence-electron chi connectivity index (χ2n) is 10.5. The van der Waals surface area contributed by atoms with Gasteiger partial charge in [0, 0.05) is 49.6 Å². The van der Waals surface area contributed by atoms with Gasteiger partial charge in [-0.25, -0.2) is 0 Å². The summed E-state index contributed by atoms with van der Waals surface area (Å²) in [7, 11) is 1.82. The fourth-order valence-electron chi connectivity index (χ4n) is 5.29. The lowest BCUT2D eigenvalue weighted by atomic mass is 9.90. The molecule has 0 aliphatic carbocycles. The molecule has 7 nitrogen and oxygen atoms in total. The van der Waals surface area contributed by atoms with Crippen molar-refractivity contribution >= 4 is 46.2 Å². The van der Waals surface area contributed by atoms with Crippen LogP contribution in [0.15, 0.2) is 77.8 Å². The third kappa shape index (κ3) is 6.44. The Morgan fingerprint density at radius 3 is 2.40 bits per heavy atom. The number of carbonyl (C=O) groups is 2. The Hall–Kier alpha value is -3.52. The molecule has 1 fully saturated rings. The van der Waals surface area contributed by atoms with Crippen LogP contribution in [-0.4, -0.2) is 73.6 Å². The van der Waals surface area contributed by atoms with E-state index in [2.05, 4.69) is 22.0 Å². The molecular weight excluding hydrogens is 522 g/mol. The van der Waals surface area contributed by atoms with Crippen molar-refractivity contribution in [1.82, 2.24) is 9.80 Å². The smallest absolute Gasteiger partial charge is 0.240 e. The topological polar surface area (TPSA) is 68.2 Å². The lowest BCUT2D eigenvalue weighted by Crippen LogP contribution is -2.49. The molecule has 0 aromatic heterocycles. The maximum atomic E-state index is 13.1. The van der Waals surface area contributed by atoms with Gasteiger partial charge in [0.05, 0.1) is 17.9 Å². The third-order valence-electron chi connectivity index (χ3n) is 7.70. The molecule has 5 rings (SSSR count). The Morgan fingerprint density at radius 1 is 1.00 bits per heavy atom. The molecule has 2 aliphatic rings. The van der Waals surface area contributed by atoms with Gasteiger partial charge in [0.15, 0.2) is 0 Å². The number of aliphatic imine (C=N–C) groups is 1. The molecule has 0 bridgehead atoms. The highest BCUT2D eigenvalue weighted by Gasteiger charge is 2.35. The second kappa shape index (κ2) is 12.8. The number of nitrogens with one attached hydrogen (secondary N) is 1. The monoisotopic (exact) mass is 557 g/mol. The number of anilines is 2. The third-order valence-corrected chi connectivity index (χ3v) is 7.94. The van der Waals surface area contributed by atoms with Crippen LogP contribution >= 0.6 is 11.6 Å². The molecule has 8 heteroatoms. The maximum Gasteiger partial charge on any atom is 0.240 e. The first kappa shape index (κ1) is 28.0. The van der Waals surface area contributed by atoms with Gasteiger partial charge in [-0.2, -0.15) is 0 Å². The number of rotatable bonds is 9. The minimum Gasteiger partial charge on any atom is -0.325 e. The highest BCUT2D eigenvalue weighted by Crippen LogP contribution is 2.37. The first-order valence-electron chi connectivity index (χ1n) is 14.0. The van der Waals surface area contributed by atoms with Gasteiger partial charge in [-0.05, 0) is 60.5 Å². The van der Waals surface area contributed by atoms with E-state index in [-0.39, 0.29) is 11.8 Å². The van der Waals surface area contributed by atoms with Crippen LogP contribution in [0.4, 0.5) is 17.1 Å². The van der Waals surface area contributed by atoms with Crippen molar-refractivity contribution in [3.63, 3.8) is 0 Å². The van der Waals surface area contributed by atoms with Gasteiger partial charge < -0.3 is 15.1 Å². The van der Waals surface area contributed by atoms with Crippen molar-refractivity contribution in [3.05, 3.63) is 88.9 Å². The molecule has 1 unspecified atom stereocenters. The molecular formula is C32H36ClN5O2. The number of benzene rings is 3. The number of fused-ring (bicyclic) bond motifs is 1. The predicted molar refractivity (Wildman–Crippen MR) is 163 cm³/mol. The largest absolute Gasteiger partial charge is 0.325 e. The molecule has 2 amide bonds. The first-order chi connectivity index (χ1) is 19.4. The van der Waals surface area contributed by atoms with Crippen molar-refractivity contribution in [1.29, 1.82) is 0 Å². The van der Waals surface area contributed by atoms with Crippen molar-refractivity contribution < 1.29 is 9.59 Å². The molecule has 0 spiro atoms. The second-order valence-corrected chi connectivity index (χ2v) is 10.9. The average molecular weight is 558 g/mol. The van der Waals surface area contributed by atoms with E-state index in [4.69, 9.17) is 16.6 Å². The van der Waals surface area contributed by atoms with Crippen molar-refractivity contribution in [2.45, 2.75) is 25.7 Å². The van der Waals surface area contributed by atoms with Gasteiger partial charge in [-0.15, -0.1) is 0 Å². The standard InChI is InChI=1S/C32H36ClN5O2/c1-3-4-16-37-17-19-38(20-18-37)22-29(39)36(2)26-13-11-25(12-14-26)34-31(23-8-6-5-7-9-23)30-27-15-10-24(33)21-28(27)35-32(30)40/h5-15,21,30H,3-4,16-20,22H2,1-2H3,(H,35,40). The SMILES string of the molecule is CCCCN1CCN(CC(=O)N(C)c2ccc(N=C(c3ccccc3)C3C(=O)Nc4cc(Cl)ccc43)cc2)CC1. The zero-order valence-corrected chi connectivity index (χ0v) is 23.9. The summed E-state index contributed by atoms with van der Waals surface area (Å²) in [6.45, 7) is 7.65.